The van der Waals surface area contributed by atoms with Crippen molar-refractivity contribution in [3.05, 3.63) is 58.9 Å². The Balaban J connectivity index is 1.25. The fraction of sp³-hybridized carbons (Fsp3) is 0.585. The van der Waals surface area contributed by atoms with E-state index in [1.807, 2.05) is 78.8 Å². The summed E-state index contributed by atoms with van der Waals surface area (Å²) in [6.07, 6.45) is 5.21. The number of oxime groups is 1. The summed E-state index contributed by atoms with van der Waals surface area (Å²) in [6.45, 7) is 14.0. The van der Waals surface area contributed by atoms with Crippen molar-refractivity contribution in [1.29, 1.82) is 0 Å². The second-order valence-corrected chi connectivity index (χ2v) is 16.5. The number of amides is 4. The number of ketones is 1. The highest BCUT2D eigenvalue weighted by Crippen LogP contribution is 2.47. The molecule has 6 atom stereocenters. The van der Waals surface area contributed by atoms with E-state index >= 15 is 0 Å². The van der Waals surface area contributed by atoms with Gasteiger partial charge in [0.1, 0.15) is 17.8 Å². The van der Waals surface area contributed by atoms with E-state index in [-0.39, 0.29) is 43.2 Å². The second-order valence-electron chi connectivity index (χ2n) is 16.5. The third-order valence-electron chi connectivity index (χ3n) is 10.8. The molecule has 2 aromatic rings. The van der Waals surface area contributed by atoms with Gasteiger partial charge in [-0.1, -0.05) is 45.3 Å². The zero-order valence-corrected chi connectivity index (χ0v) is 32.5. The molecule has 1 spiro atoms. The molecular formula is C41H54N6O7. The zero-order valence-electron chi connectivity index (χ0n) is 32.5. The largest absolute Gasteiger partial charge is 0.493 e. The van der Waals surface area contributed by atoms with Crippen molar-refractivity contribution in [2.45, 2.75) is 129 Å². The van der Waals surface area contributed by atoms with Crippen molar-refractivity contribution >= 4 is 35.1 Å². The smallest absolute Gasteiger partial charge is 0.289 e. The molecule has 3 fully saturated rings. The van der Waals surface area contributed by atoms with E-state index in [0.717, 1.165) is 41.0 Å². The van der Waals surface area contributed by atoms with Crippen molar-refractivity contribution < 1.29 is 33.5 Å². The van der Waals surface area contributed by atoms with Crippen LogP contribution in [-0.4, -0.2) is 87.9 Å². The van der Waals surface area contributed by atoms with Gasteiger partial charge < -0.3 is 30.4 Å². The van der Waals surface area contributed by atoms with Gasteiger partial charge in [-0.05, 0) is 87.3 Å². The lowest BCUT2D eigenvalue weighted by atomic mass is 9.85. The molecule has 4 amide bonds. The predicted octanol–water partition coefficient (Wildman–Crippen LogP) is 4.03. The number of likely N-dealkylation sites (tertiary alicyclic amines) is 1. The minimum atomic E-state index is -1.06. The highest BCUT2D eigenvalue weighted by atomic mass is 16.7. The Morgan fingerprint density at radius 2 is 1.76 bits per heavy atom. The number of aryl methyl sites for hydroxylation is 2. The van der Waals surface area contributed by atoms with Crippen LogP contribution in [0.3, 0.4) is 0 Å². The highest BCUT2D eigenvalue weighted by molar-refractivity contribution is 6.38. The molecule has 1 aromatic carbocycles. The molecular weight excluding hydrogens is 688 g/mol. The number of hydrogen-bond donors (Lipinski definition) is 3. The molecule has 2 aliphatic heterocycles. The van der Waals surface area contributed by atoms with E-state index in [0.29, 0.717) is 31.6 Å². The van der Waals surface area contributed by atoms with Crippen LogP contribution in [-0.2, 0) is 28.8 Å². The maximum absolute atomic E-state index is 14.8. The van der Waals surface area contributed by atoms with Gasteiger partial charge >= 0.3 is 0 Å². The number of hydrogen-bond acceptors (Lipinski definition) is 9. The van der Waals surface area contributed by atoms with Crippen LogP contribution >= 0.6 is 0 Å². The molecule has 290 valence electrons. The quantitative estimate of drug-likeness (QED) is 0.244. The molecule has 2 aliphatic carbocycles. The SMILES string of the molecule is CCC[C@H](NC(=O)[C@@H]1C[C@]2(CC(c3cc(C)c(OCC)c(C)c3)=NO2)CN1C(=O)[C@@H](NC(=O)[C@@H]1C[C@H]1c1ccccn1)C(C)(C)C)C(=O)C(=O)NC1CC1. The van der Waals surface area contributed by atoms with E-state index in [2.05, 4.69) is 26.1 Å². The van der Waals surface area contributed by atoms with Crippen LogP contribution in [0.4, 0.5) is 0 Å². The lowest BCUT2D eigenvalue weighted by Crippen LogP contribution is -2.59. The summed E-state index contributed by atoms with van der Waals surface area (Å²) in [4.78, 5) is 80.9. The molecule has 1 aromatic heterocycles. The molecule has 4 aliphatic rings. The Hall–Kier alpha value is -4.81. The van der Waals surface area contributed by atoms with E-state index < -0.39 is 52.6 Å². The summed E-state index contributed by atoms with van der Waals surface area (Å²) in [6, 6.07) is 6.51. The summed E-state index contributed by atoms with van der Waals surface area (Å²) >= 11 is 0. The Bertz CT molecular complexity index is 1800. The van der Waals surface area contributed by atoms with Crippen LogP contribution in [0.15, 0.2) is 41.7 Å². The number of pyridine rings is 1. The number of nitrogens with one attached hydrogen (secondary N) is 3. The van der Waals surface area contributed by atoms with Gasteiger partial charge in [0.05, 0.1) is 24.9 Å². The zero-order chi connectivity index (χ0) is 38.9. The van der Waals surface area contributed by atoms with E-state index in [1.54, 1.807) is 6.20 Å². The van der Waals surface area contributed by atoms with Crippen molar-refractivity contribution in [3.8, 4) is 5.75 Å². The lowest BCUT2D eigenvalue weighted by Gasteiger charge is -2.35. The predicted molar refractivity (Wildman–Crippen MR) is 202 cm³/mol. The number of Topliss-reactive ketones (excluding diaryl/α,β-unsaturated/α-hetero) is 1. The second kappa shape index (κ2) is 15.5. The number of carbonyl (C=O) groups is 5. The Morgan fingerprint density at radius 1 is 1.04 bits per heavy atom. The van der Waals surface area contributed by atoms with Crippen molar-refractivity contribution in [2.75, 3.05) is 13.2 Å². The first-order valence-electron chi connectivity index (χ1n) is 19.3. The topological polar surface area (TPSA) is 168 Å². The minimum Gasteiger partial charge on any atom is -0.493 e. The fourth-order valence-electron chi connectivity index (χ4n) is 7.71. The van der Waals surface area contributed by atoms with E-state index in [1.165, 1.54) is 4.90 Å². The van der Waals surface area contributed by atoms with Crippen molar-refractivity contribution in [3.63, 3.8) is 0 Å². The molecule has 6 rings (SSSR count). The molecule has 3 heterocycles. The summed E-state index contributed by atoms with van der Waals surface area (Å²) in [7, 11) is 0. The standard InChI is InChI=1S/C41H54N6O7/c1-8-12-30(33(48)38(51)43-26-14-15-26)44-37(50)32-21-41(20-31(46-54-41)25-17-23(3)34(53-9-2)24(4)18-25)22-47(32)39(52)35(40(5,6)7)45-36(49)28-19-27(28)29-13-10-11-16-42-29/h10-11,13,16-18,26-28,30,32,35H,8-9,12,14-15,19-22H2,1-7H3,(H,43,51)(H,44,50)(H,45,49)/t27-,28-,30+,32+,35-,41-/m1/s1. The lowest BCUT2D eigenvalue weighted by molar-refractivity contribution is -0.145. The first kappa shape index (κ1) is 38.9. The first-order chi connectivity index (χ1) is 25.6. The average Bonchev–Trinajstić information content (AvgIpc) is 4.05. The highest BCUT2D eigenvalue weighted by Gasteiger charge is 2.56. The summed E-state index contributed by atoms with van der Waals surface area (Å²) in [5.41, 5.74) is 2.53. The van der Waals surface area contributed by atoms with Crippen LogP contribution in [0.5, 0.6) is 5.75 Å². The van der Waals surface area contributed by atoms with Crippen LogP contribution in [0.1, 0.15) is 108 Å². The Morgan fingerprint density at radius 3 is 2.37 bits per heavy atom. The molecule has 1 saturated heterocycles. The molecule has 0 radical (unpaired) electrons. The summed E-state index contributed by atoms with van der Waals surface area (Å²) in [5.74, 6) is -2.20. The van der Waals surface area contributed by atoms with Crippen LogP contribution < -0.4 is 20.7 Å². The van der Waals surface area contributed by atoms with Gasteiger partial charge in [0.25, 0.3) is 5.91 Å². The number of benzene rings is 1. The maximum Gasteiger partial charge on any atom is 0.289 e. The van der Waals surface area contributed by atoms with Gasteiger partial charge in [-0.3, -0.25) is 29.0 Å². The number of carbonyl (C=O) groups excluding carboxylic acids is 5. The molecule has 3 N–H and O–H groups in total. The molecule has 0 unspecified atom stereocenters. The van der Waals surface area contributed by atoms with Gasteiger partial charge in [0.15, 0.2) is 5.60 Å². The first-order valence-corrected chi connectivity index (χ1v) is 19.3. The number of ether oxygens (including phenoxy) is 1. The normalized spacial score (nSPS) is 24.2. The summed E-state index contributed by atoms with van der Waals surface area (Å²) < 4.78 is 5.84. The van der Waals surface area contributed by atoms with Gasteiger partial charge in [0.2, 0.25) is 23.5 Å². The van der Waals surface area contributed by atoms with E-state index in [4.69, 9.17) is 9.57 Å². The third-order valence-corrected chi connectivity index (χ3v) is 10.8. The minimum absolute atomic E-state index is 0.0155. The average molecular weight is 743 g/mol. The van der Waals surface area contributed by atoms with Crippen molar-refractivity contribution in [1.82, 2.24) is 25.8 Å². The number of aromatic nitrogens is 1. The van der Waals surface area contributed by atoms with Gasteiger partial charge in [0, 0.05) is 48.2 Å². The van der Waals surface area contributed by atoms with Crippen LogP contribution in [0.2, 0.25) is 0 Å². The van der Waals surface area contributed by atoms with Crippen LogP contribution in [0.25, 0.3) is 0 Å². The third kappa shape index (κ3) is 8.44. The molecule has 0 bridgehead atoms. The van der Waals surface area contributed by atoms with Crippen molar-refractivity contribution in [2.24, 2.45) is 16.5 Å². The van der Waals surface area contributed by atoms with Gasteiger partial charge in [-0.25, -0.2) is 0 Å². The fourth-order valence-corrected chi connectivity index (χ4v) is 7.71. The van der Waals surface area contributed by atoms with E-state index in [9.17, 15) is 24.0 Å². The van der Waals surface area contributed by atoms with Gasteiger partial charge in [-0.15, -0.1) is 0 Å². The summed E-state index contributed by atoms with van der Waals surface area (Å²) in [5, 5.41) is 13.1. The molecule has 54 heavy (non-hydrogen) atoms. The van der Waals surface area contributed by atoms with Gasteiger partial charge in [-0.2, -0.15) is 0 Å². The molecule has 13 nitrogen and oxygen atoms in total. The Kier molecular flexibility index (Phi) is 11.2. The molecule has 13 heteroatoms. The number of rotatable bonds is 14. The monoisotopic (exact) mass is 742 g/mol. The number of nitrogens with zero attached hydrogens (tertiary/aromatic N) is 3. The maximum atomic E-state index is 14.8. The Labute approximate surface area is 317 Å². The molecule has 2 saturated carbocycles. The van der Waals surface area contributed by atoms with Crippen LogP contribution in [0, 0.1) is 25.2 Å².